The average molecular weight is 417 g/mol. The molecular weight excluding hydrogens is 388 g/mol. The average Bonchev–Trinajstić information content (AvgIpc) is 3.15. The van der Waals surface area contributed by atoms with E-state index in [1.807, 2.05) is 0 Å². The second-order valence-corrected chi connectivity index (χ2v) is 10.8. The highest BCUT2D eigenvalue weighted by Gasteiger charge is 2.45. The van der Waals surface area contributed by atoms with Crippen LogP contribution < -0.4 is 16.0 Å². The standard InChI is InChI=1S/C20H28N6O2S/c1-29(27,28)26-9-5-14(6-10-26)17-15-3-2-4-16(18(15)24-19(21)23-17)25-12-20(13-25)7-8-22-11-20/h2-4,14,22H,5-13H2,1H3,(H2,21,23,24). The molecule has 0 atom stereocenters. The zero-order valence-electron chi connectivity index (χ0n) is 16.8. The first-order valence-corrected chi connectivity index (χ1v) is 12.2. The van der Waals surface area contributed by atoms with Crippen molar-refractivity contribution < 1.29 is 8.42 Å². The minimum atomic E-state index is -3.14. The molecule has 0 saturated carbocycles. The van der Waals surface area contributed by atoms with Gasteiger partial charge in [0.2, 0.25) is 16.0 Å². The molecule has 0 radical (unpaired) electrons. The maximum atomic E-state index is 11.8. The number of sulfonamides is 1. The van der Waals surface area contributed by atoms with E-state index in [2.05, 4.69) is 38.4 Å². The third-order valence-electron chi connectivity index (χ3n) is 6.79. The Morgan fingerprint density at radius 2 is 1.97 bits per heavy atom. The van der Waals surface area contributed by atoms with Crippen molar-refractivity contribution in [2.75, 3.05) is 56.2 Å². The van der Waals surface area contributed by atoms with Crippen LogP contribution in [0.3, 0.4) is 0 Å². The number of piperidine rings is 1. The van der Waals surface area contributed by atoms with E-state index in [1.54, 1.807) is 4.31 Å². The molecule has 0 amide bonds. The third-order valence-corrected chi connectivity index (χ3v) is 8.09. The number of nitrogen functional groups attached to an aromatic ring is 1. The molecule has 3 aliphatic heterocycles. The van der Waals surface area contributed by atoms with Gasteiger partial charge in [0.1, 0.15) is 0 Å². The number of aromatic nitrogens is 2. The van der Waals surface area contributed by atoms with Crippen LogP contribution >= 0.6 is 0 Å². The van der Waals surface area contributed by atoms with Crippen LogP contribution in [0.25, 0.3) is 10.9 Å². The molecule has 3 saturated heterocycles. The number of nitrogens with zero attached hydrogens (tertiary/aromatic N) is 4. The number of para-hydroxylation sites is 1. The predicted molar refractivity (Wildman–Crippen MR) is 114 cm³/mol. The van der Waals surface area contributed by atoms with Gasteiger partial charge in [-0.2, -0.15) is 0 Å². The molecule has 1 aromatic heterocycles. The highest BCUT2D eigenvalue weighted by molar-refractivity contribution is 7.88. The van der Waals surface area contributed by atoms with E-state index in [0.29, 0.717) is 24.5 Å². The van der Waals surface area contributed by atoms with Gasteiger partial charge in [-0.05, 0) is 31.9 Å². The van der Waals surface area contributed by atoms with Gasteiger partial charge >= 0.3 is 0 Å². The molecule has 29 heavy (non-hydrogen) atoms. The van der Waals surface area contributed by atoms with Crippen LogP contribution in [0.1, 0.15) is 30.9 Å². The van der Waals surface area contributed by atoms with Crippen molar-refractivity contribution in [1.82, 2.24) is 19.6 Å². The smallest absolute Gasteiger partial charge is 0.220 e. The van der Waals surface area contributed by atoms with Gasteiger partial charge in [0.05, 0.1) is 23.2 Å². The zero-order chi connectivity index (χ0) is 20.2. The van der Waals surface area contributed by atoms with E-state index >= 15 is 0 Å². The Hall–Kier alpha value is -1.97. The van der Waals surface area contributed by atoms with Crippen molar-refractivity contribution in [3.63, 3.8) is 0 Å². The number of nitrogens with two attached hydrogens (primary N) is 1. The summed E-state index contributed by atoms with van der Waals surface area (Å²) in [6, 6.07) is 6.27. The van der Waals surface area contributed by atoms with Gasteiger partial charge in [0.15, 0.2) is 0 Å². The lowest BCUT2D eigenvalue weighted by atomic mass is 9.78. The van der Waals surface area contributed by atoms with Crippen LogP contribution in [0, 0.1) is 5.41 Å². The Labute approximate surface area is 171 Å². The Balaban J connectivity index is 1.45. The van der Waals surface area contributed by atoms with Crippen LogP contribution in [0.15, 0.2) is 18.2 Å². The maximum Gasteiger partial charge on any atom is 0.220 e. The third kappa shape index (κ3) is 3.35. The molecule has 2 aromatic rings. The van der Waals surface area contributed by atoms with Crippen molar-refractivity contribution >= 4 is 32.6 Å². The molecule has 0 aliphatic carbocycles. The summed E-state index contributed by atoms with van der Waals surface area (Å²) in [5.41, 5.74) is 9.52. The van der Waals surface area contributed by atoms with Gasteiger partial charge in [-0.3, -0.25) is 0 Å². The fourth-order valence-electron chi connectivity index (χ4n) is 5.21. The van der Waals surface area contributed by atoms with Crippen LogP contribution in [0.2, 0.25) is 0 Å². The van der Waals surface area contributed by atoms with E-state index in [1.165, 1.54) is 12.7 Å². The van der Waals surface area contributed by atoms with E-state index in [-0.39, 0.29) is 5.92 Å². The fourth-order valence-corrected chi connectivity index (χ4v) is 6.08. The molecule has 3 aliphatic rings. The molecule has 3 N–H and O–H groups in total. The van der Waals surface area contributed by atoms with Crippen molar-refractivity contribution in [3.05, 3.63) is 23.9 Å². The minimum Gasteiger partial charge on any atom is -0.368 e. The van der Waals surface area contributed by atoms with Crippen molar-refractivity contribution in [1.29, 1.82) is 0 Å². The summed E-state index contributed by atoms with van der Waals surface area (Å²) < 4.78 is 25.2. The van der Waals surface area contributed by atoms with Crippen LogP contribution in [0.4, 0.5) is 11.6 Å². The lowest BCUT2D eigenvalue weighted by Gasteiger charge is -2.49. The highest BCUT2D eigenvalue weighted by Crippen LogP contribution is 2.42. The Morgan fingerprint density at radius 3 is 2.62 bits per heavy atom. The number of hydrogen-bond acceptors (Lipinski definition) is 7. The van der Waals surface area contributed by atoms with Crippen LogP contribution in [0.5, 0.6) is 0 Å². The van der Waals surface area contributed by atoms with Gasteiger partial charge < -0.3 is 16.0 Å². The summed E-state index contributed by atoms with van der Waals surface area (Å²) in [7, 11) is -3.14. The first kappa shape index (κ1) is 19.0. The van der Waals surface area contributed by atoms with Gasteiger partial charge in [-0.15, -0.1) is 0 Å². The number of benzene rings is 1. The molecule has 4 heterocycles. The monoisotopic (exact) mass is 416 g/mol. The summed E-state index contributed by atoms with van der Waals surface area (Å²) in [6.45, 7) is 5.34. The van der Waals surface area contributed by atoms with Crippen LogP contribution in [-0.4, -0.2) is 68.2 Å². The Kier molecular flexibility index (Phi) is 4.45. The van der Waals surface area contributed by atoms with E-state index < -0.39 is 10.0 Å². The maximum absolute atomic E-state index is 11.8. The summed E-state index contributed by atoms with van der Waals surface area (Å²) in [4.78, 5) is 11.6. The molecule has 0 unspecified atom stereocenters. The largest absolute Gasteiger partial charge is 0.368 e. The molecule has 1 spiro atoms. The van der Waals surface area contributed by atoms with Gasteiger partial charge in [0.25, 0.3) is 0 Å². The molecule has 156 valence electrons. The second-order valence-electron chi connectivity index (χ2n) is 8.86. The minimum absolute atomic E-state index is 0.192. The van der Waals surface area contributed by atoms with Gasteiger partial charge in [-0.1, -0.05) is 12.1 Å². The molecule has 8 nitrogen and oxygen atoms in total. The molecule has 9 heteroatoms. The molecular formula is C20H28N6O2S. The normalized spacial score (nSPS) is 23.0. The number of fused-ring (bicyclic) bond motifs is 1. The van der Waals surface area contributed by atoms with Crippen LogP contribution in [-0.2, 0) is 10.0 Å². The summed E-state index contributed by atoms with van der Waals surface area (Å²) in [6.07, 6.45) is 4.01. The van der Waals surface area contributed by atoms with Crippen molar-refractivity contribution in [3.8, 4) is 0 Å². The predicted octanol–water partition coefficient (Wildman–Crippen LogP) is 1.15. The quantitative estimate of drug-likeness (QED) is 0.773. The van der Waals surface area contributed by atoms with Gasteiger partial charge in [-0.25, -0.2) is 22.7 Å². The van der Waals surface area contributed by atoms with Gasteiger partial charge in [0, 0.05) is 49.4 Å². The number of hydrogen-bond donors (Lipinski definition) is 2. The molecule has 5 rings (SSSR count). The number of rotatable bonds is 3. The Bertz CT molecular complexity index is 1030. The number of anilines is 2. The Morgan fingerprint density at radius 1 is 1.21 bits per heavy atom. The lowest BCUT2D eigenvalue weighted by Crippen LogP contribution is -2.57. The van der Waals surface area contributed by atoms with E-state index in [0.717, 1.165) is 61.3 Å². The summed E-state index contributed by atoms with van der Waals surface area (Å²) >= 11 is 0. The van der Waals surface area contributed by atoms with Crippen molar-refractivity contribution in [2.45, 2.75) is 25.2 Å². The summed E-state index contributed by atoms with van der Waals surface area (Å²) in [5.74, 6) is 0.487. The highest BCUT2D eigenvalue weighted by atomic mass is 32.2. The fraction of sp³-hybridized carbons (Fsp3) is 0.600. The molecule has 1 aromatic carbocycles. The molecule has 3 fully saturated rings. The number of nitrogens with one attached hydrogen (secondary N) is 1. The van der Waals surface area contributed by atoms with E-state index in [9.17, 15) is 8.42 Å². The first-order valence-electron chi connectivity index (χ1n) is 10.3. The lowest BCUT2D eigenvalue weighted by molar-refractivity contribution is 0.244. The first-order chi connectivity index (χ1) is 13.8. The topological polar surface area (TPSA) is 104 Å². The molecule has 0 bridgehead atoms. The summed E-state index contributed by atoms with van der Waals surface area (Å²) in [5, 5.41) is 4.52. The zero-order valence-corrected chi connectivity index (χ0v) is 17.6. The SMILES string of the molecule is CS(=O)(=O)N1CCC(c2nc(N)nc3c(N4CC5(CCNC5)C4)cccc23)CC1. The second kappa shape index (κ2) is 6.78. The van der Waals surface area contributed by atoms with Crippen molar-refractivity contribution in [2.24, 2.45) is 5.41 Å². The van der Waals surface area contributed by atoms with E-state index in [4.69, 9.17) is 5.73 Å².